The normalized spacial score (nSPS) is 13.2. The highest BCUT2D eigenvalue weighted by atomic mass is 32.2. The van der Waals surface area contributed by atoms with Crippen LogP contribution in [0.4, 0.5) is 0 Å². The maximum absolute atomic E-state index is 10.8. The second-order valence-corrected chi connectivity index (χ2v) is 6.98. The molecule has 0 amide bonds. The van der Waals surface area contributed by atoms with Gasteiger partial charge in [0.25, 0.3) is 0 Å². The number of rotatable bonds is 5. The van der Waals surface area contributed by atoms with Crippen LogP contribution in [0.2, 0.25) is 0 Å². The second-order valence-electron chi connectivity index (χ2n) is 4.72. The molecule has 0 bridgehead atoms. The summed E-state index contributed by atoms with van der Waals surface area (Å²) in [6.45, 7) is 8.16. The molecule has 0 aliphatic heterocycles. The molecule has 0 heterocycles. The molecule has 0 aromatic rings. The summed E-state index contributed by atoms with van der Waals surface area (Å²) < 4.78 is 21.5. The fraction of sp³-hybridized carbons (Fsp3) is 1.00. The van der Waals surface area contributed by atoms with Crippen molar-refractivity contribution in [1.82, 2.24) is 5.32 Å². The molecule has 0 spiro atoms. The van der Waals surface area contributed by atoms with Gasteiger partial charge < -0.3 is 5.32 Å². The fourth-order valence-electron chi connectivity index (χ4n) is 0.923. The molecule has 80 valence electrons. The first kappa shape index (κ1) is 12.9. The third-order valence-electron chi connectivity index (χ3n) is 1.52. The fourth-order valence-corrected chi connectivity index (χ4v) is 1.59. The van der Waals surface area contributed by atoms with Gasteiger partial charge in [-0.3, -0.25) is 0 Å². The van der Waals surface area contributed by atoms with E-state index in [0.717, 1.165) is 13.1 Å². The number of hydrogen-bond acceptors (Lipinski definition) is 3. The van der Waals surface area contributed by atoms with E-state index in [2.05, 4.69) is 26.1 Å². The topological polar surface area (TPSA) is 46.2 Å². The van der Waals surface area contributed by atoms with Crippen LogP contribution in [-0.2, 0) is 9.84 Å². The van der Waals surface area contributed by atoms with Crippen LogP contribution < -0.4 is 5.32 Å². The van der Waals surface area contributed by atoms with E-state index in [1.807, 2.05) is 0 Å². The van der Waals surface area contributed by atoms with Crippen molar-refractivity contribution in [2.24, 2.45) is 5.41 Å². The summed E-state index contributed by atoms with van der Waals surface area (Å²) >= 11 is 0. The van der Waals surface area contributed by atoms with Crippen molar-refractivity contribution in [3.63, 3.8) is 0 Å². The minimum absolute atomic E-state index is 0.269. The average molecular weight is 207 g/mol. The molecule has 4 heteroatoms. The Morgan fingerprint density at radius 2 is 1.77 bits per heavy atom. The predicted molar refractivity (Wildman–Crippen MR) is 56.7 cm³/mol. The van der Waals surface area contributed by atoms with Crippen molar-refractivity contribution in [3.8, 4) is 0 Å². The molecule has 0 aliphatic carbocycles. The highest BCUT2D eigenvalue weighted by molar-refractivity contribution is 7.90. The van der Waals surface area contributed by atoms with Gasteiger partial charge in [0, 0.05) is 6.26 Å². The van der Waals surface area contributed by atoms with E-state index < -0.39 is 9.84 Å². The number of hydrogen-bond donors (Lipinski definition) is 1. The minimum atomic E-state index is -2.78. The van der Waals surface area contributed by atoms with Crippen LogP contribution in [0, 0.1) is 5.41 Å². The Bertz CT molecular complexity index is 226. The molecule has 0 saturated carbocycles. The first-order valence-corrected chi connectivity index (χ1v) is 6.65. The zero-order chi connectivity index (χ0) is 10.5. The Hall–Kier alpha value is -0.0900. The van der Waals surface area contributed by atoms with E-state index in [9.17, 15) is 8.42 Å². The summed E-state index contributed by atoms with van der Waals surface area (Å²) in [5.41, 5.74) is 0.269. The smallest absolute Gasteiger partial charge is 0.147 e. The van der Waals surface area contributed by atoms with Crippen molar-refractivity contribution >= 4 is 9.84 Å². The minimum Gasteiger partial charge on any atom is -0.316 e. The van der Waals surface area contributed by atoms with Crippen LogP contribution in [-0.4, -0.2) is 33.5 Å². The first-order valence-electron chi connectivity index (χ1n) is 4.59. The maximum atomic E-state index is 10.8. The highest BCUT2D eigenvalue weighted by Crippen LogP contribution is 2.09. The lowest BCUT2D eigenvalue weighted by Gasteiger charge is -2.18. The van der Waals surface area contributed by atoms with Gasteiger partial charge in [-0.05, 0) is 24.9 Å². The SMILES string of the molecule is CC(C)(C)CNCCCS(C)(=O)=O. The zero-order valence-electron chi connectivity index (χ0n) is 9.05. The molecule has 3 nitrogen and oxygen atoms in total. The summed E-state index contributed by atoms with van der Waals surface area (Å²) in [5, 5.41) is 3.23. The third-order valence-corrected chi connectivity index (χ3v) is 2.55. The Balaban J connectivity index is 3.39. The highest BCUT2D eigenvalue weighted by Gasteiger charge is 2.08. The molecule has 1 N–H and O–H groups in total. The molecule has 0 unspecified atom stereocenters. The van der Waals surface area contributed by atoms with Gasteiger partial charge in [-0.2, -0.15) is 0 Å². The van der Waals surface area contributed by atoms with Gasteiger partial charge in [0.05, 0.1) is 5.75 Å². The first-order chi connectivity index (χ1) is 5.71. The van der Waals surface area contributed by atoms with Crippen LogP contribution in [0.5, 0.6) is 0 Å². The standard InChI is InChI=1S/C9H21NO2S/c1-9(2,3)8-10-6-5-7-13(4,11)12/h10H,5-8H2,1-4H3. The van der Waals surface area contributed by atoms with Gasteiger partial charge >= 0.3 is 0 Å². The molecule has 0 saturated heterocycles. The van der Waals surface area contributed by atoms with E-state index in [-0.39, 0.29) is 11.2 Å². The van der Waals surface area contributed by atoms with E-state index in [4.69, 9.17) is 0 Å². The van der Waals surface area contributed by atoms with Crippen LogP contribution >= 0.6 is 0 Å². The largest absolute Gasteiger partial charge is 0.316 e. The van der Waals surface area contributed by atoms with Gasteiger partial charge in [0.2, 0.25) is 0 Å². The Morgan fingerprint density at radius 3 is 2.15 bits per heavy atom. The monoisotopic (exact) mass is 207 g/mol. The summed E-state index contributed by atoms with van der Waals surface area (Å²) in [6, 6.07) is 0. The zero-order valence-corrected chi connectivity index (χ0v) is 9.87. The van der Waals surface area contributed by atoms with Gasteiger partial charge in [-0.25, -0.2) is 8.42 Å². The molecule has 0 aliphatic rings. The lowest BCUT2D eigenvalue weighted by molar-refractivity contribution is 0.381. The van der Waals surface area contributed by atoms with Gasteiger partial charge in [-0.15, -0.1) is 0 Å². The molecule has 13 heavy (non-hydrogen) atoms. The summed E-state index contributed by atoms with van der Waals surface area (Å²) in [5.74, 6) is 0.282. The summed E-state index contributed by atoms with van der Waals surface area (Å²) in [6.07, 6.45) is 1.98. The molecule has 0 aromatic carbocycles. The Kier molecular flexibility index (Phi) is 4.92. The number of nitrogens with one attached hydrogen (secondary N) is 1. The van der Waals surface area contributed by atoms with Crippen molar-refractivity contribution in [1.29, 1.82) is 0 Å². The Morgan fingerprint density at radius 1 is 1.23 bits per heavy atom. The van der Waals surface area contributed by atoms with Gasteiger partial charge in [0.15, 0.2) is 0 Å². The van der Waals surface area contributed by atoms with Crippen LogP contribution in [0.15, 0.2) is 0 Å². The van der Waals surface area contributed by atoms with Crippen LogP contribution in [0.1, 0.15) is 27.2 Å². The van der Waals surface area contributed by atoms with Gasteiger partial charge in [0.1, 0.15) is 9.84 Å². The lowest BCUT2D eigenvalue weighted by Crippen LogP contribution is -2.28. The van der Waals surface area contributed by atoms with Gasteiger partial charge in [-0.1, -0.05) is 20.8 Å². The molecular formula is C9H21NO2S. The van der Waals surface area contributed by atoms with Crippen molar-refractivity contribution in [2.45, 2.75) is 27.2 Å². The summed E-state index contributed by atoms with van der Waals surface area (Å²) in [4.78, 5) is 0. The van der Waals surface area contributed by atoms with Crippen molar-refractivity contribution in [3.05, 3.63) is 0 Å². The molecular weight excluding hydrogens is 186 g/mol. The lowest BCUT2D eigenvalue weighted by atomic mass is 9.97. The van der Waals surface area contributed by atoms with Crippen LogP contribution in [0.3, 0.4) is 0 Å². The third kappa shape index (κ3) is 11.9. The number of sulfone groups is 1. The molecule has 0 fully saturated rings. The van der Waals surface area contributed by atoms with Crippen molar-refractivity contribution < 1.29 is 8.42 Å². The van der Waals surface area contributed by atoms with Crippen molar-refractivity contribution in [2.75, 3.05) is 25.1 Å². The van der Waals surface area contributed by atoms with E-state index >= 15 is 0 Å². The molecule has 0 aromatic heterocycles. The predicted octanol–water partition coefficient (Wildman–Crippen LogP) is 1.06. The quantitative estimate of drug-likeness (QED) is 0.686. The second kappa shape index (κ2) is 4.96. The van der Waals surface area contributed by atoms with Crippen LogP contribution in [0.25, 0.3) is 0 Å². The van der Waals surface area contributed by atoms with E-state index in [1.54, 1.807) is 0 Å². The maximum Gasteiger partial charge on any atom is 0.147 e. The molecule has 0 atom stereocenters. The van der Waals surface area contributed by atoms with E-state index in [1.165, 1.54) is 6.26 Å². The van der Waals surface area contributed by atoms with E-state index in [0.29, 0.717) is 6.42 Å². The molecule has 0 rings (SSSR count). The average Bonchev–Trinajstić information content (AvgIpc) is 1.81. The Labute approximate surface area is 81.8 Å². The summed E-state index contributed by atoms with van der Waals surface area (Å²) in [7, 11) is -2.78. The molecule has 0 radical (unpaired) electrons.